The van der Waals surface area contributed by atoms with Crippen molar-refractivity contribution in [3.8, 4) is 5.75 Å². The summed E-state index contributed by atoms with van der Waals surface area (Å²) in [6, 6.07) is 14.2. The lowest BCUT2D eigenvalue weighted by Crippen LogP contribution is -2.46. The molecule has 30 heavy (non-hydrogen) atoms. The van der Waals surface area contributed by atoms with E-state index < -0.39 is 5.97 Å². The summed E-state index contributed by atoms with van der Waals surface area (Å²) in [5, 5.41) is 3.75. The van der Waals surface area contributed by atoms with Crippen LogP contribution in [0.3, 0.4) is 0 Å². The molecule has 2 aromatic rings. The first-order valence-corrected chi connectivity index (χ1v) is 10.4. The zero-order valence-corrected chi connectivity index (χ0v) is 17.7. The monoisotopic (exact) mass is 428 g/mol. The van der Waals surface area contributed by atoms with Gasteiger partial charge in [0.2, 0.25) is 5.91 Å². The van der Waals surface area contributed by atoms with Crippen molar-refractivity contribution in [1.29, 1.82) is 0 Å². The number of piperidine rings is 1. The van der Waals surface area contributed by atoms with Gasteiger partial charge >= 0.3 is 5.97 Å². The topological polar surface area (TPSA) is 75.7 Å². The zero-order valence-electron chi connectivity index (χ0n) is 16.9. The molecule has 0 radical (unpaired) electrons. The summed E-state index contributed by atoms with van der Waals surface area (Å²) in [5.41, 5.74) is 1.56. The maximum absolute atomic E-state index is 12.7. The molecule has 0 spiro atoms. The van der Waals surface area contributed by atoms with Crippen molar-refractivity contribution >= 4 is 29.4 Å². The molecule has 7 heteroatoms. The summed E-state index contributed by atoms with van der Waals surface area (Å²) in [6.07, 6.45) is 2.51. The molecule has 2 amide bonds. The van der Waals surface area contributed by atoms with Gasteiger partial charge in [-0.05, 0) is 55.2 Å². The SMILES string of the molecule is CC(=O)Oc1cccc(C(=O)N2CCC(NC(=O)CCc3ccc(Cl)cc3)CC2)c1. The van der Waals surface area contributed by atoms with Crippen LogP contribution in [0, 0.1) is 0 Å². The fourth-order valence-corrected chi connectivity index (χ4v) is 3.60. The van der Waals surface area contributed by atoms with Crippen LogP contribution in [0.4, 0.5) is 0 Å². The highest BCUT2D eigenvalue weighted by Gasteiger charge is 2.24. The average molecular weight is 429 g/mol. The van der Waals surface area contributed by atoms with E-state index in [1.54, 1.807) is 29.2 Å². The smallest absolute Gasteiger partial charge is 0.308 e. The van der Waals surface area contributed by atoms with Gasteiger partial charge in [0.05, 0.1) is 0 Å². The van der Waals surface area contributed by atoms with Crippen molar-refractivity contribution in [1.82, 2.24) is 10.2 Å². The van der Waals surface area contributed by atoms with Crippen molar-refractivity contribution in [2.24, 2.45) is 0 Å². The van der Waals surface area contributed by atoms with Crippen LogP contribution in [-0.4, -0.2) is 41.8 Å². The Labute approximate surface area is 181 Å². The fraction of sp³-hybridized carbons (Fsp3) is 0.348. The van der Waals surface area contributed by atoms with E-state index >= 15 is 0 Å². The summed E-state index contributed by atoms with van der Waals surface area (Å²) in [5.74, 6) is -0.149. The van der Waals surface area contributed by atoms with Gasteiger partial charge in [0.15, 0.2) is 0 Å². The Morgan fingerprint density at radius 1 is 1.10 bits per heavy atom. The molecule has 0 saturated carbocycles. The van der Waals surface area contributed by atoms with Crippen molar-refractivity contribution in [3.05, 3.63) is 64.7 Å². The molecule has 1 heterocycles. The zero-order chi connectivity index (χ0) is 21.5. The lowest BCUT2D eigenvalue weighted by molar-refractivity contribution is -0.131. The van der Waals surface area contributed by atoms with E-state index in [4.69, 9.17) is 16.3 Å². The number of hydrogen-bond acceptors (Lipinski definition) is 4. The molecule has 1 N–H and O–H groups in total. The molecule has 1 saturated heterocycles. The van der Waals surface area contributed by atoms with E-state index in [2.05, 4.69) is 5.32 Å². The summed E-state index contributed by atoms with van der Waals surface area (Å²) >= 11 is 5.88. The maximum Gasteiger partial charge on any atom is 0.308 e. The molecule has 0 aliphatic carbocycles. The number of carbonyl (C=O) groups excluding carboxylic acids is 3. The Morgan fingerprint density at radius 2 is 1.80 bits per heavy atom. The van der Waals surface area contributed by atoms with Gasteiger partial charge in [-0.15, -0.1) is 0 Å². The molecule has 3 rings (SSSR count). The van der Waals surface area contributed by atoms with E-state index in [1.807, 2.05) is 24.3 Å². The minimum Gasteiger partial charge on any atom is -0.427 e. The van der Waals surface area contributed by atoms with Gasteiger partial charge in [-0.2, -0.15) is 0 Å². The largest absolute Gasteiger partial charge is 0.427 e. The first-order valence-electron chi connectivity index (χ1n) is 10.0. The molecule has 2 aromatic carbocycles. The number of carbonyl (C=O) groups is 3. The highest BCUT2D eigenvalue weighted by Crippen LogP contribution is 2.18. The van der Waals surface area contributed by atoms with Crippen LogP contribution >= 0.6 is 11.6 Å². The van der Waals surface area contributed by atoms with Crippen molar-refractivity contribution in [2.75, 3.05) is 13.1 Å². The number of halogens is 1. The number of nitrogens with one attached hydrogen (secondary N) is 1. The average Bonchev–Trinajstić information content (AvgIpc) is 2.73. The summed E-state index contributed by atoms with van der Waals surface area (Å²) in [4.78, 5) is 37.9. The summed E-state index contributed by atoms with van der Waals surface area (Å²) < 4.78 is 5.05. The third-order valence-corrected chi connectivity index (χ3v) is 5.30. The highest BCUT2D eigenvalue weighted by atomic mass is 35.5. The summed E-state index contributed by atoms with van der Waals surface area (Å²) in [6.45, 7) is 2.46. The first-order chi connectivity index (χ1) is 14.4. The fourth-order valence-electron chi connectivity index (χ4n) is 3.48. The Hall–Kier alpha value is -2.86. The number of ether oxygens (including phenoxy) is 1. The Morgan fingerprint density at radius 3 is 2.47 bits per heavy atom. The molecule has 1 aliphatic heterocycles. The number of esters is 1. The molecular formula is C23H25ClN2O4. The van der Waals surface area contributed by atoms with Gasteiger partial charge in [-0.3, -0.25) is 14.4 Å². The lowest BCUT2D eigenvalue weighted by atomic mass is 10.0. The van der Waals surface area contributed by atoms with Gasteiger partial charge < -0.3 is 15.0 Å². The van der Waals surface area contributed by atoms with Gasteiger partial charge in [0.25, 0.3) is 5.91 Å². The van der Waals surface area contributed by atoms with E-state index in [0.717, 1.165) is 5.56 Å². The number of hydrogen-bond donors (Lipinski definition) is 1. The minimum absolute atomic E-state index is 0.0174. The van der Waals surface area contributed by atoms with Crippen molar-refractivity contribution in [3.63, 3.8) is 0 Å². The number of amides is 2. The maximum atomic E-state index is 12.7. The first kappa shape index (κ1) is 21.8. The third-order valence-electron chi connectivity index (χ3n) is 5.04. The molecule has 0 bridgehead atoms. The van der Waals surface area contributed by atoms with Crippen LogP contribution < -0.4 is 10.1 Å². The molecule has 0 atom stereocenters. The predicted molar refractivity (Wildman–Crippen MR) is 115 cm³/mol. The Balaban J connectivity index is 1.45. The lowest BCUT2D eigenvalue weighted by Gasteiger charge is -2.32. The number of benzene rings is 2. The van der Waals surface area contributed by atoms with Gasteiger partial charge in [0.1, 0.15) is 5.75 Å². The molecule has 1 aliphatic rings. The molecule has 6 nitrogen and oxygen atoms in total. The predicted octanol–water partition coefficient (Wildman–Crippen LogP) is 3.62. The number of rotatable bonds is 6. The minimum atomic E-state index is -0.424. The number of likely N-dealkylation sites (tertiary alicyclic amines) is 1. The third kappa shape index (κ3) is 6.32. The van der Waals surface area contributed by atoms with Crippen molar-refractivity contribution < 1.29 is 19.1 Å². The normalized spacial score (nSPS) is 14.3. The summed E-state index contributed by atoms with van der Waals surface area (Å²) in [7, 11) is 0. The number of aryl methyl sites for hydroxylation is 1. The van der Waals surface area contributed by atoms with Gasteiger partial charge in [-0.25, -0.2) is 0 Å². The van der Waals surface area contributed by atoms with Crippen LogP contribution in [0.25, 0.3) is 0 Å². The number of nitrogens with zero attached hydrogens (tertiary/aromatic N) is 1. The standard InChI is InChI=1S/C23H25ClN2O4/c1-16(27)30-21-4-2-3-18(15-21)23(29)26-13-11-20(12-14-26)25-22(28)10-7-17-5-8-19(24)9-6-17/h2-6,8-9,15,20H,7,10-14H2,1H3,(H,25,28). The molecular weight excluding hydrogens is 404 g/mol. The van der Waals surface area contributed by atoms with Crippen LogP contribution in [0.1, 0.15) is 42.1 Å². The van der Waals surface area contributed by atoms with Gasteiger partial charge in [0, 0.05) is 43.1 Å². The van der Waals surface area contributed by atoms with E-state index in [-0.39, 0.29) is 17.9 Å². The van der Waals surface area contributed by atoms with Crippen LogP contribution in [0.5, 0.6) is 5.75 Å². The second-order valence-electron chi connectivity index (χ2n) is 7.38. The van der Waals surface area contributed by atoms with Crippen LogP contribution in [0.15, 0.2) is 48.5 Å². The second kappa shape index (κ2) is 10.3. The van der Waals surface area contributed by atoms with Gasteiger partial charge in [-0.1, -0.05) is 29.8 Å². The Bertz CT molecular complexity index is 906. The molecule has 0 aromatic heterocycles. The molecule has 158 valence electrons. The Kier molecular flexibility index (Phi) is 7.46. The van der Waals surface area contributed by atoms with Crippen molar-refractivity contribution in [2.45, 2.75) is 38.6 Å². The van der Waals surface area contributed by atoms with E-state index in [1.165, 1.54) is 6.92 Å². The van der Waals surface area contributed by atoms with Crippen LogP contribution in [-0.2, 0) is 16.0 Å². The van der Waals surface area contributed by atoms with E-state index in [0.29, 0.717) is 55.1 Å². The van der Waals surface area contributed by atoms with Crippen LogP contribution in [0.2, 0.25) is 5.02 Å². The molecule has 0 unspecified atom stereocenters. The highest BCUT2D eigenvalue weighted by molar-refractivity contribution is 6.30. The quantitative estimate of drug-likeness (QED) is 0.563. The second-order valence-corrected chi connectivity index (χ2v) is 7.82. The van der Waals surface area contributed by atoms with E-state index in [9.17, 15) is 14.4 Å². The molecule has 1 fully saturated rings.